The second-order valence-corrected chi connectivity index (χ2v) is 13.7. The molecule has 12 rings (SSSR count). The Morgan fingerprint density at radius 2 is 0.904 bits per heavy atom. The number of rotatable bonds is 3. The highest BCUT2D eigenvalue weighted by atomic mass is 16.3. The third kappa shape index (κ3) is 3.75. The molecule has 4 aromatic heterocycles. The van der Waals surface area contributed by atoms with E-state index in [0.29, 0.717) is 0 Å². The topological polar surface area (TPSA) is 36.1 Å². The normalized spacial score (nSPS) is 12.2. The SMILES string of the molecule is c1ccc(-n2c3ccccc3c3ccc4c(c5ccccc5n4-c4ccc5oc6ccc(-c7ccc8c(c7)oc7ccccc78)cc6c5c4)c32)cc1. The van der Waals surface area contributed by atoms with Crippen LogP contribution in [-0.2, 0) is 0 Å². The van der Waals surface area contributed by atoms with Crippen molar-refractivity contribution in [2.45, 2.75) is 0 Å². The molecule has 8 aromatic carbocycles. The lowest BCUT2D eigenvalue weighted by Crippen LogP contribution is -1.95. The maximum Gasteiger partial charge on any atom is 0.136 e. The lowest BCUT2D eigenvalue weighted by atomic mass is 10.0. The summed E-state index contributed by atoms with van der Waals surface area (Å²) < 4.78 is 17.5. The van der Waals surface area contributed by atoms with E-state index in [0.717, 1.165) is 66.4 Å². The van der Waals surface area contributed by atoms with Crippen LogP contribution < -0.4 is 0 Å². The molecule has 0 aliphatic carbocycles. The molecule has 0 aliphatic rings. The van der Waals surface area contributed by atoms with Gasteiger partial charge in [-0.2, -0.15) is 0 Å². The Morgan fingerprint density at radius 3 is 1.77 bits per heavy atom. The maximum atomic E-state index is 6.43. The summed E-state index contributed by atoms with van der Waals surface area (Å²) in [5, 5.41) is 9.42. The molecule has 0 aliphatic heterocycles. The predicted octanol–water partition coefficient (Wildman–Crippen LogP) is 13.3. The molecule has 4 heterocycles. The second kappa shape index (κ2) is 10.3. The van der Waals surface area contributed by atoms with Gasteiger partial charge in [0.05, 0.1) is 22.1 Å². The minimum atomic E-state index is 0.871. The highest BCUT2D eigenvalue weighted by molar-refractivity contribution is 6.26. The van der Waals surface area contributed by atoms with E-state index in [2.05, 4.69) is 167 Å². The van der Waals surface area contributed by atoms with Crippen LogP contribution in [0, 0.1) is 0 Å². The van der Waals surface area contributed by atoms with Gasteiger partial charge < -0.3 is 18.0 Å². The first-order valence-electron chi connectivity index (χ1n) is 17.7. The molecule has 12 aromatic rings. The van der Waals surface area contributed by atoms with Crippen LogP contribution in [0.4, 0.5) is 0 Å². The molecule has 0 radical (unpaired) electrons. The van der Waals surface area contributed by atoms with Crippen LogP contribution in [0.15, 0.2) is 179 Å². The van der Waals surface area contributed by atoms with Crippen LogP contribution in [-0.4, -0.2) is 9.13 Å². The average Bonchev–Trinajstić information content (AvgIpc) is 3.95. The van der Waals surface area contributed by atoms with E-state index < -0.39 is 0 Å². The number of hydrogen-bond acceptors (Lipinski definition) is 2. The van der Waals surface area contributed by atoms with Crippen molar-refractivity contribution in [2.24, 2.45) is 0 Å². The van der Waals surface area contributed by atoms with Gasteiger partial charge in [-0.15, -0.1) is 0 Å². The summed E-state index contributed by atoms with van der Waals surface area (Å²) in [5.41, 5.74) is 12.8. The zero-order valence-electron chi connectivity index (χ0n) is 27.9. The Kier molecular flexibility index (Phi) is 5.47. The van der Waals surface area contributed by atoms with Crippen molar-refractivity contribution < 1.29 is 8.83 Å². The highest BCUT2D eigenvalue weighted by Gasteiger charge is 2.21. The van der Waals surface area contributed by atoms with Gasteiger partial charge in [-0.25, -0.2) is 0 Å². The zero-order chi connectivity index (χ0) is 33.9. The molecule has 0 saturated carbocycles. The monoisotopic (exact) mass is 664 g/mol. The lowest BCUT2D eigenvalue weighted by Gasteiger charge is -2.10. The molecule has 0 fully saturated rings. The first-order chi connectivity index (χ1) is 25.8. The van der Waals surface area contributed by atoms with Crippen LogP contribution in [0.3, 0.4) is 0 Å². The smallest absolute Gasteiger partial charge is 0.136 e. The molecule has 0 bridgehead atoms. The molecule has 0 atom stereocenters. The Morgan fingerprint density at radius 1 is 0.308 bits per heavy atom. The van der Waals surface area contributed by atoms with Gasteiger partial charge in [0.1, 0.15) is 22.3 Å². The van der Waals surface area contributed by atoms with Crippen LogP contribution in [0.1, 0.15) is 0 Å². The van der Waals surface area contributed by atoms with Crippen LogP contribution >= 0.6 is 0 Å². The summed E-state index contributed by atoms with van der Waals surface area (Å²) in [6.45, 7) is 0. The second-order valence-electron chi connectivity index (χ2n) is 13.7. The Balaban J connectivity index is 1.10. The maximum absolute atomic E-state index is 6.43. The fraction of sp³-hybridized carbons (Fsp3) is 0. The Labute approximate surface area is 296 Å². The standard InChI is InChI=1S/C48H28N2O2/c1-2-10-31(11-3-1)50-40-15-7-4-12-33(40)36-22-23-42-47(48(36)50)37-14-5-8-16-41(37)49(42)32-20-25-45-39(28-32)38-26-29(19-24-44(38)51-45)30-18-21-35-34-13-6-9-17-43(34)52-46(35)27-30/h1-28H. The van der Waals surface area contributed by atoms with Gasteiger partial charge in [0.2, 0.25) is 0 Å². The largest absolute Gasteiger partial charge is 0.456 e. The van der Waals surface area contributed by atoms with Gasteiger partial charge in [0.25, 0.3) is 0 Å². The van der Waals surface area contributed by atoms with Crippen molar-refractivity contribution in [2.75, 3.05) is 0 Å². The van der Waals surface area contributed by atoms with E-state index >= 15 is 0 Å². The van der Waals surface area contributed by atoms with Crippen molar-refractivity contribution in [3.63, 3.8) is 0 Å². The zero-order valence-corrected chi connectivity index (χ0v) is 27.9. The number of furan rings is 2. The molecule has 0 unspecified atom stereocenters. The van der Waals surface area contributed by atoms with Gasteiger partial charge in [0.15, 0.2) is 0 Å². The van der Waals surface area contributed by atoms with Gasteiger partial charge >= 0.3 is 0 Å². The minimum absolute atomic E-state index is 0.871. The average molecular weight is 665 g/mol. The number of fused-ring (bicyclic) bond motifs is 13. The van der Waals surface area contributed by atoms with Gasteiger partial charge in [-0.05, 0) is 90.0 Å². The summed E-state index contributed by atoms with van der Waals surface area (Å²) in [6, 6.07) is 60.6. The summed E-state index contributed by atoms with van der Waals surface area (Å²) in [7, 11) is 0. The molecule has 0 spiro atoms. The predicted molar refractivity (Wildman–Crippen MR) is 215 cm³/mol. The molecular weight excluding hydrogens is 637 g/mol. The summed E-state index contributed by atoms with van der Waals surface area (Å²) in [4.78, 5) is 0. The van der Waals surface area contributed by atoms with E-state index in [-0.39, 0.29) is 0 Å². The third-order valence-corrected chi connectivity index (χ3v) is 10.9. The number of benzene rings is 8. The Hall–Kier alpha value is -7.04. The molecule has 0 amide bonds. The molecule has 242 valence electrons. The fourth-order valence-corrected chi connectivity index (χ4v) is 8.62. The van der Waals surface area contributed by atoms with Crippen molar-refractivity contribution in [1.82, 2.24) is 9.13 Å². The van der Waals surface area contributed by atoms with E-state index in [4.69, 9.17) is 8.83 Å². The minimum Gasteiger partial charge on any atom is -0.456 e. The molecule has 0 saturated heterocycles. The number of nitrogens with zero attached hydrogens (tertiary/aromatic N) is 2. The summed E-state index contributed by atoms with van der Waals surface area (Å²) in [6.07, 6.45) is 0. The first kappa shape index (κ1) is 27.7. The van der Waals surface area contributed by atoms with Gasteiger partial charge in [0, 0.05) is 54.5 Å². The number of aromatic nitrogens is 2. The van der Waals surface area contributed by atoms with Crippen LogP contribution in [0.25, 0.3) is 110 Å². The number of hydrogen-bond donors (Lipinski definition) is 0. The summed E-state index contributed by atoms with van der Waals surface area (Å²) in [5.74, 6) is 0. The molecule has 4 heteroatoms. The molecular formula is C48H28N2O2. The van der Waals surface area contributed by atoms with E-state index in [9.17, 15) is 0 Å². The van der Waals surface area contributed by atoms with E-state index in [1.165, 1.54) is 43.6 Å². The molecule has 52 heavy (non-hydrogen) atoms. The first-order valence-corrected chi connectivity index (χ1v) is 17.7. The van der Waals surface area contributed by atoms with Gasteiger partial charge in [-0.3, -0.25) is 0 Å². The van der Waals surface area contributed by atoms with E-state index in [1.807, 2.05) is 12.1 Å². The third-order valence-electron chi connectivity index (χ3n) is 10.9. The molecule has 0 N–H and O–H groups in total. The quantitative estimate of drug-likeness (QED) is 0.188. The van der Waals surface area contributed by atoms with Crippen LogP contribution in [0.5, 0.6) is 0 Å². The van der Waals surface area contributed by atoms with Crippen LogP contribution in [0.2, 0.25) is 0 Å². The van der Waals surface area contributed by atoms with Gasteiger partial charge in [-0.1, -0.05) is 91.0 Å². The Bertz CT molecular complexity index is 3410. The van der Waals surface area contributed by atoms with Crippen molar-refractivity contribution in [3.05, 3.63) is 170 Å². The summed E-state index contributed by atoms with van der Waals surface area (Å²) >= 11 is 0. The van der Waals surface area contributed by atoms with Crippen molar-refractivity contribution in [1.29, 1.82) is 0 Å². The lowest BCUT2D eigenvalue weighted by molar-refractivity contribution is 0.669. The number of para-hydroxylation sites is 4. The highest BCUT2D eigenvalue weighted by Crippen LogP contribution is 2.43. The van der Waals surface area contributed by atoms with E-state index in [1.54, 1.807) is 0 Å². The molecule has 4 nitrogen and oxygen atoms in total. The van der Waals surface area contributed by atoms with Crippen molar-refractivity contribution >= 4 is 87.5 Å². The van der Waals surface area contributed by atoms with Crippen molar-refractivity contribution in [3.8, 4) is 22.5 Å². The fourth-order valence-electron chi connectivity index (χ4n) is 8.62.